The Hall–Kier alpha value is -1.42. The Labute approximate surface area is 140 Å². The van der Waals surface area contributed by atoms with Gasteiger partial charge >= 0.3 is 5.97 Å². The molecule has 1 aliphatic rings. The van der Waals surface area contributed by atoms with Crippen LogP contribution in [0, 0.1) is 5.41 Å². The van der Waals surface area contributed by atoms with Crippen molar-refractivity contribution < 1.29 is 14.3 Å². The molecule has 0 aliphatic heterocycles. The summed E-state index contributed by atoms with van der Waals surface area (Å²) in [6, 6.07) is 10.8. The highest BCUT2D eigenvalue weighted by Gasteiger charge is 2.47. The lowest BCUT2D eigenvalue weighted by atomic mass is 9.69. The summed E-state index contributed by atoms with van der Waals surface area (Å²) < 4.78 is 5.58. The first-order valence-corrected chi connectivity index (χ1v) is 12.3. The standard InChI is InChI=1S/C19H28O3Si/c1-23(2,3)14-13-22-18(21)19(12-8-7-11-17(19)20)15-16-9-5-4-6-10-16/h4-6,9-10H,7-8,11-15H2,1-3H3. The van der Waals surface area contributed by atoms with Crippen LogP contribution >= 0.6 is 0 Å². The number of esters is 1. The molecule has 0 N–H and O–H groups in total. The van der Waals surface area contributed by atoms with E-state index in [1.807, 2.05) is 30.3 Å². The lowest BCUT2D eigenvalue weighted by Gasteiger charge is -2.33. The zero-order valence-electron chi connectivity index (χ0n) is 14.6. The molecule has 1 aliphatic carbocycles. The van der Waals surface area contributed by atoms with Crippen molar-refractivity contribution in [2.24, 2.45) is 5.41 Å². The molecule has 0 heterocycles. The fraction of sp³-hybridized carbons (Fsp3) is 0.579. The number of hydrogen-bond donors (Lipinski definition) is 0. The van der Waals surface area contributed by atoms with Crippen LogP contribution in [-0.4, -0.2) is 26.4 Å². The van der Waals surface area contributed by atoms with Crippen LogP contribution in [0.4, 0.5) is 0 Å². The first-order valence-electron chi connectivity index (χ1n) is 8.58. The summed E-state index contributed by atoms with van der Waals surface area (Å²) in [5, 5.41) is 0. The van der Waals surface area contributed by atoms with Gasteiger partial charge in [0.25, 0.3) is 0 Å². The van der Waals surface area contributed by atoms with Crippen LogP contribution in [0.25, 0.3) is 0 Å². The van der Waals surface area contributed by atoms with Crippen LogP contribution in [0.1, 0.15) is 31.2 Å². The second-order valence-electron chi connectivity index (χ2n) is 7.82. The number of Topliss-reactive ketones (excluding diaryl/α,β-unsaturated/α-hetero) is 1. The summed E-state index contributed by atoms with van der Waals surface area (Å²) in [5.41, 5.74) is 0.0730. The SMILES string of the molecule is C[Si](C)(C)CCOC(=O)C1(Cc2ccccc2)CCCCC1=O. The normalized spacial score (nSPS) is 22.0. The quantitative estimate of drug-likeness (QED) is 0.444. The molecule has 3 nitrogen and oxygen atoms in total. The van der Waals surface area contributed by atoms with Crippen molar-refractivity contribution in [2.75, 3.05) is 6.61 Å². The van der Waals surface area contributed by atoms with Crippen molar-refractivity contribution in [3.8, 4) is 0 Å². The molecule has 126 valence electrons. The van der Waals surface area contributed by atoms with Gasteiger partial charge in [-0.2, -0.15) is 0 Å². The number of ether oxygens (including phenoxy) is 1. The van der Waals surface area contributed by atoms with Crippen molar-refractivity contribution in [2.45, 2.75) is 57.8 Å². The number of carbonyl (C=O) groups excluding carboxylic acids is 2. The minimum atomic E-state index is -1.25. The first kappa shape index (κ1) is 17.9. The van der Waals surface area contributed by atoms with Crippen molar-refractivity contribution in [3.63, 3.8) is 0 Å². The molecular weight excluding hydrogens is 304 g/mol. The van der Waals surface area contributed by atoms with E-state index in [1.165, 1.54) is 0 Å². The lowest BCUT2D eigenvalue weighted by molar-refractivity contribution is -0.162. The molecule has 1 atom stereocenters. The summed E-state index contributed by atoms with van der Waals surface area (Å²) in [5.74, 6) is -0.241. The van der Waals surface area contributed by atoms with Crippen molar-refractivity contribution in [1.82, 2.24) is 0 Å². The number of ketones is 1. The van der Waals surface area contributed by atoms with Crippen LogP contribution in [0.2, 0.25) is 25.7 Å². The Morgan fingerprint density at radius 2 is 1.87 bits per heavy atom. The second-order valence-corrected chi connectivity index (χ2v) is 13.4. The van der Waals surface area contributed by atoms with E-state index >= 15 is 0 Å². The number of rotatable bonds is 6. The highest BCUT2D eigenvalue weighted by Crippen LogP contribution is 2.38. The maximum atomic E-state index is 12.8. The van der Waals surface area contributed by atoms with Crippen LogP contribution in [0.15, 0.2) is 30.3 Å². The van der Waals surface area contributed by atoms with E-state index < -0.39 is 13.5 Å². The number of benzene rings is 1. The van der Waals surface area contributed by atoms with Crippen LogP contribution in [0.3, 0.4) is 0 Å². The molecule has 1 aromatic rings. The summed E-state index contributed by atoms with van der Waals surface area (Å²) in [6.07, 6.45) is 3.39. The smallest absolute Gasteiger partial charge is 0.319 e. The second kappa shape index (κ2) is 7.43. The Kier molecular flexibility index (Phi) is 5.79. The maximum absolute atomic E-state index is 12.8. The van der Waals surface area contributed by atoms with E-state index in [-0.39, 0.29) is 11.8 Å². The molecular formula is C19H28O3Si. The Balaban J connectivity index is 2.13. The van der Waals surface area contributed by atoms with Gasteiger partial charge in [0.15, 0.2) is 5.78 Å². The monoisotopic (exact) mass is 332 g/mol. The lowest BCUT2D eigenvalue weighted by Crippen LogP contribution is -2.45. The van der Waals surface area contributed by atoms with E-state index in [4.69, 9.17) is 4.74 Å². The predicted octanol–water partition coefficient (Wildman–Crippen LogP) is 4.24. The van der Waals surface area contributed by atoms with Gasteiger partial charge in [-0.25, -0.2) is 0 Å². The summed E-state index contributed by atoms with van der Waals surface area (Å²) in [7, 11) is -1.25. The van der Waals surface area contributed by atoms with E-state index in [9.17, 15) is 9.59 Å². The van der Waals surface area contributed by atoms with Gasteiger partial charge in [0.05, 0.1) is 6.61 Å². The third-order valence-electron chi connectivity index (χ3n) is 4.62. The molecule has 0 bridgehead atoms. The Morgan fingerprint density at radius 1 is 1.17 bits per heavy atom. The minimum absolute atomic E-state index is 0.0607. The molecule has 1 saturated carbocycles. The minimum Gasteiger partial charge on any atom is -0.465 e. The molecule has 0 amide bonds. The molecule has 1 unspecified atom stereocenters. The van der Waals surface area contributed by atoms with Gasteiger partial charge in [0.2, 0.25) is 0 Å². The average molecular weight is 333 g/mol. The Morgan fingerprint density at radius 3 is 2.48 bits per heavy atom. The van der Waals surface area contributed by atoms with Crippen LogP contribution in [0.5, 0.6) is 0 Å². The molecule has 0 aromatic heterocycles. The van der Waals surface area contributed by atoms with E-state index in [0.29, 0.717) is 25.9 Å². The maximum Gasteiger partial charge on any atom is 0.319 e. The first-order chi connectivity index (χ1) is 10.8. The highest BCUT2D eigenvalue weighted by molar-refractivity contribution is 6.76. The van der Waals surface area contributed by atoms with Crippen LogP contribution in [-0.2, 0) is 20.7 Å². The van der Waals surface area contributed by atoms with Crippen molar-refractivity contribution >= 4 is 19.8 Å². The van der Waals surface area contributed by atoms with Gasteiger partial charge in [-0.05, 0) is 30.9 Å². The molecule has 0 saturated heterocycles. The summed E-state index contributed by atoms with van der Waals surface area (Å²) >= 11 is 0. The van der Waals surface area contributed by atoms with Gasteiger partial charge < -0.3 is 4.74 Å². The fourth-order valence-corrected chi connectivity index (χ4v) is 3.81. The van der Waals surface area contributed by atoms with E-state index in [0.717, 1.165) is 24.4 Å². The molecule has 23 heavy (non-hydrogen) atoms. The summed E-state index contributed by atoms with van der Waals surface area (Å²) in [6.45, 7) is 7.21. The van der Waals surface area contributed by atoms with Gasteiger partial charge in [0, 0.05) is 14.5 Å². The number of hydrogen-bond acceptors (Lipinski definition) is 3. The van der Waals surface area contributed by atoms with Gasteiger partial charge in [0.1, 0.15) is 5.41 Å². The van der Waals surface area contributed by atoms with Crippen molar-refractivity contribution in [1.29, 1.82) is 0 Å². The molecule has 1 aromatic carbocycles. The third-order valence-corrected chi connectivity index (χ3v) is 6.32. The van der Waals surface area contributed by atoms with Crippen molar-refractivity contribution in [3.05, 3.63) is 35.9 Å². The molecule has 0 radical (unpaired) electrons. The summed E-state index contributed by atoms with van der Waals surface area (Å²) in [4.78, 5) is 25.4. The molecule has 2 rings (SSSR count). The Bertz CT molecular complexity index is 547. The highest BCUT2D eigenvalue weighted by atomic mass is 28.3. The van der Waals surface area contributed by atoms with Gasteiger partial charge in [-0.1, -0.05) is 56.4 Å². The predicted molar refractivity (Wildman–Crippen MR) is 95.2 cm³/mol. The zero-order chi connectivity index (χ0) is 16.9. The number of carbonyl (C=O) groups is 2. The molecule has 0 spiro atoms. The van der Waals surface area contributed by atoms with E-state index in [1.54, 1.807) is 0 Å². The van der Waals surface area contributed by atoms with Gasteiger partial charge in [-0.15, -0.1) is 0 Å². The molecule has 4 heteroatoms. The van der Waals surface area contributed by atoms with E-state index in [2.05, 4.69) is 19.6 Å². The van der Waals surface area contributed by atoms with Crippen LogP contribution < -0.4 is 0 Å². The average Bonchev–Trinajstić information content (AvgIpc) is 2.49. The molecule has 1 fully saturated rings. The third kappa shape index (κ3) is 4.77. The fourth-order valence-electron chi connectivity index (χ4n) is 3.10. The largest absolute Gasteiger partial charge is 0.465 e. The zero-order valence-corrected chi connectivity index (χ0v) is 15.6. The topological polar surface area (TPSA) is 43.4 Å². The van der Waals surface area contributed by atoms with Gasteiger partial charge in [-0.3, -0.25) is 9.59 Å².